The number of aliphatic hydroxyl groups excluding tert-OH is 2. The number of β-amino-alcohol motifs (C(OH)–C–C–N with tert-alkyl or cyclic N) is 2. The molecule has 2 atom stereocenters. The quantitative estimate of drug-likeness (QED) is 0.575. The van der Waals surface area contributed by atoms with Crippen molar-refractivity contribution < 1.29 is 19.7 Å². The van der Waals surface area contributed by atoms with E-state index in [1.165, 1.54) is 0 Å². The van der Waals surface area contributed by atoms with Crippen LogP contribution in [0.25, 0.3) is 0 Å². The van der Waals surface area contributed by atoms with Crippen LogP contribution in [0.2, 0.25) is 10.0 Å². The van der Waals surface area contributed by atoms with Gasteiger partial charge in [0.25, 0.3) is 0 Å². The number of hydrogen-bond donors (Lipinski definition) is 2. The second-order valence-corrected chi connectivity index (χ2v) is 8.32. The summed E-state index contributed by atoms with van der Waals surface area (Å²) in [6, 6.07) is 14.3. The van der Waals surface area contributed by atoms with Crippen LogP contribution in [0.4, 0.5) is 0 Å². The maximum Gasteiger partial charge on any atom is 0.120 e. The third-order valence-corrected chi connectivity index (χ3v) is 5.35. The largest absolute Gasteiger partial charge is 0.491 e. The smallest absolute Gasteiger partial charge is 0.120 e. The van der Waals surface area contributed by atoms with Gasteiger partial charge < -0.3 is 19.7 Å². The molecule has 8 heteroatoms. The van der Waals surface area contributed by atoms with Crippen molar-refractivity contribution in [3.05, 3.63) is 58.6 Å². The van der Waals surface area contributed by atoms with Gasteiger partial charge in [-0.1, -0.05) is 35.3 Å². The third-order valence-electron chi connectivity index (χ3n) is 4.88. The second kappa shape index (κ2) is 11.7. The summed E-state index contributed by atoms with van der Waals surface area (Å²) in [6.07, 6.45) is -1.15. The minimum Gasteiger partial charge on any atom is -0.491 e. The van der Waals surface area contributed by atoms with Gasteiger partial charge in [-0.3, -0.25) is 9.80 Å². The number of hydrogen-bond acceptors (Lipinski definition) is 6. The summed E-state index contributed by atoms with van der Waals surface area (Å²) in [7, 11) is 0. The maximum absolute atomic E-state index is 10.3. The topological polar surface area (TPSA) is 65.4 Å². The summed E-state index contributed by atoms with van der Waals surface area (Å²) in [5.74, 6) is 1.31. The number of halogens is 2. The van der Waals surface area contributed by atoms with E-state index in [0.717, 1.165) is 26.2 Å². The minimum atomic E-state index is -0.577. The monoisotopic (exact) mass is 454 g/mol. The molecule has 1 aliphatic rings. The fourth-order valence-corrected chi connectivity index (χ4v) is 3.71. The van der Waals surface area contributed by atoms with Crippen molar-refractivity contribution in [1.29, 1.82) is 0 Å². The molecule has 0 bridgehead atoms. The molecule has 2 N–H and O–H groups in total. The Hall–Kier alpha value is -1.54. The molecule has 0 spiro atoms. The van der Waals surface area contributed by atoms with Gasteiger partial charge in [0, 0.05) is 49.3 Å². The zero-order valence-electron chi connectivity index (χ0n) is 16.8. The van der Waals surface area contributed by atoms with Crippen LogP contribution in [0, 0.1) is 0 Å². The van der Waals surface area contributed by atoms with Crippen molar-refractivity contribution in [3.63, 3.8) is 0 Å². The summed E-state index contributed by atoms with van der Waals surface area (Å²) in [6.45, 7) is 4.86. The molecule has 0 aromatic heterocycles. The molecular formula is C22H28Cl2N2O4. The first kappa shape index (κ1) is 23.1. The molecule has 2 aromatic carbocycles. The fraction of sp³-hybridized carbons (Fsp3) is 0.455. The van der Waals surface area contributed by atoms with Gasteiger partial charge in [-0.25, -0.2) is 0 Å². The average molecular weight is 455 g/mol. The molecule has 2 aromatic rings. The first-order valence-electron chi connectivity index (χ1n) is 10.1. The van der Waals surface area contributed by atoms with Crippen molar-refractivity contribution in [2.24, 2.45) is 0 Å². The van der Waals surface area contributed by atoms with E-state index in [4.69, 9.17) is 32.7 Å². The molecule has 0 saturated carbocycles. The Kier molecular flexibility index (Phi) is 9.05. The maximum atomic E-state index is 10.3. The fourth-order valence-electron chi connectivity index (χ4n) is 3.35. The SMILES string of the molecule is OC(COc1cccc(Cl)c1)CN1CCN(CC(O)COc2cccc(Cl)c2)CC1. The van der Waals surface area contributed by atoms with Crippen LogP contribution in [0.1, 0.15) is 0 Å². The number of benzene rings is 2. The Morgan fingerprint density at radius 3 is 1.50 bits per heavy atom. The van der Waals surface area contributed by atoms with Gasteiger partial charge in [0.05, 0.1) is 0 Å². The molecule has 1 heterocycles. The highest BCUT2D eigenvalue weighted by Gasteiger charge is 2.21. The standard InChI is InChI=1S/C22H28Cl2N2O4/c23-17-3-1-5-21(11-17)29-15-19(27)13-25-7-9-26(10-8-25)14-20(28)16-30-22-6-2-4-18(24)12-22/h1-6,11-12,19-20,27-28H,7-10,13-16H2. The van der Waals surface area contributed by atoms with Crippen LogP contribution in [-0.2, 0) is 0 Å². The molecule has 1 saturated heterocycles. The Balaban J connectivity index is 1.31. The molecule has 30 heavy (non-hydrogen) atoms. The molecule has 6 nitrogen and oxygen atoms in total. The molecule has 3 rings (SSSR count). The first-order chi connectivity index (χ1) is 14.5. The highest BCUT2D eigenvalue weighted by Crippen LogP contribution is 2.18. The predicted octanol–water partition coefficient (Wildman–Crippen LogP) is 2.79. The zero-order chi connectivity index (χ0) is 21.3. The molecule has 0 radical (unpaired) electrons. The van der Waals surface area contributed by atoms with Gasteiger partial charge >= 0.3 is 0 Å². The Labute approximate surface area is 187 Å². The molecule has 1 fully saturated rings. The summed E-state index contributed by atoms with van der Waals surface area (Å²) >= 11 is 11.9. The lowest BCUT2D eigenvalue weighted by Gasteiger charge is -2.36. The lowest BCUT2D eigenvalue weighted by atomic mass is 10.2. The van der Waals surface area contributed by atoms with Crippen molar-refractivity contribution in [2.45, 2.75) is 12.2 Å². The van der Waals surface area contributed by atoms with E-state index in [0.29, 0.717) is 34.6 Å². The lowest BCUT2D eigenvalue weighted by molar-refractivity contribution is 0.0240. The molecule has 0 aliphatic carbocycles. The summed E-state index contributed by atoms with van der Waals surface area (Å²) in [5.41, 5.74) is 0. The van der Waals surface area contributed by atoms with Gasteiger partial charge in [-0.15, -0.1) is 0 Å². The number of piperazine rings is 1. The highest BCUT2D eigenvalue weighted by atomic mass is 35.5. The van der Waals surface area contributed by atoms with Crippen molar-refractivity contribution in [2.75, 3.05) is 52.5 Å². The van der Waals surface area contributed by atoms with E-state index < -0.39 is 12.2 Å². The van der Waals surface area contributed by atoms with E-state index in [9.17, 15) is 10.2 Å². The van der Waals surface area contributed by atoms with Crippen molar-refractivity contribution >= 4 is 23.2 Å². The number of aliphatic hydroxyl groups is 2. The van der Waals surface area contributed by atoms with E-state index in [2.05, 4.69) is 9.80 Å². The van der Waals surface area contributed by atoms with Crippen LogP contribution in [0.3, 0.4) is 0 Å². The number of nitrogens with zero attached hydrogens (tertiary/aromatic N) is 2. The van der Waals surface area contributed by atoms with Gasteiger partial charge in [0.2, 0.25) is 0 Å². The Morgan fingerprint density at radius 1 is 0.733 bits per heavy atom. The van der Waals surface area contributed by atoms with E-state index in [1.807, 2.05) is 24.3 Å². The van der Waals surface area contributed by atoms with Crippen LogP contribution in [-0.4, -0.2) is 84.7 Å². The van der Waals surface area contributed by atoms with Crippen molar-refractivity contribution in [1.82, 2.24) is 9.80 Å². The van der Waals surface area contributed by atoms with E-state index in [-0.39, 0.29) is 13.2 Å². The highest BCUT2D eigenvalue weighted by molar-refractivity contribution is 6.31. The zero-order valence-corrected chi connectivity index (χ0v) is 18.3. The Bertz CT molecular complexity index is 722. The van der Waals surface area contributed by atoms with Crippen LogP contribution >= 0.6 is 23.2 Å². The molecule has 164 valence electrons. The van der Waals surface area contributed by atoms with Crippen LogP contribution in [0.5, 0.6) is 11.5 Å². The lowest BCUT2D eigenvalue weighted by Crippen LogP contribution is -2.51. The summed E-state index contributed by atoms with van der Waals surface area (Å²) < 4.78 is 11.2. The minimum absolute atomic E-state index is 0.222. The van der Waals surface area contributed by atoms with Gasteiger partial charge in [-0.2, -0.15) is 0 Å². The normalized spacial score (nSPS) is 17.5. The first-order valence-corrected chi connectivity index (χ1v) is 10.8. The number of ether oxygens (including phenoxy) is 2. The molecule has 2 unspecified atom stereocenters. The number of rotatable bonds is 10. The van der Waals surface area contributed by atoms with Gasteiger partial charge in [0.15, 0.2) is 0 Å². The molecule has 1 aliphatic heterocycles. The van der Waals surface area contributed by atoms with Crippen LogP contribution in [0.15, 0.2) is 48.5 Å². The molecular weight excluding hydrogens is 427 g/mol. The third kappa shape index (κ3) is 7.95. The van der Waals surface area contributed by atoms with Crippen LogP contribution < -0.4 is 9.47 Å². The van der Waals surface area contributed by atoms with Gasteiger partial charge in [0.1, 0.15) is 36.9 Å². The van der Waals surface area contributed by atoms with Crippen molar-refractivity contribution in [3.8, 4) is 11.5 Å². The van der Waals surface area contributed by atoms with E-state index in [1.54, 1.807) is 24.3 Å². The predicted molar refractivity (Wildman–Crippen MR) is 119 cm³/mol. The average Bonchev–Trinajstić information content (AvgIpc) is 2.72. The van der Waals surface area contributed by atoms with Gasteiger partial charge in [-0.05, 0) is 36.4 Å². The van der Waals surface area contributed by atoms with E-state index >= 15 is 0 Å². The second-order valence-electron chi connectivity index (χ2n) is 7.45. The molecule has 0 amide bonds. The summed E-state index contributed by atoms with van der Waals surface area (Å²) in [5, 5.41) is 21.7. The Morgan fingerprint density at radius 2 is 1.13 bits per heavy atom. The summed E-state index contributed by atoms with van der Waals surface area (Å²) in [4.78, 5) is 4.41.